The molecule has 10 aromatic rings. The van der Waals surface area contributed by atoms with E-state index in [1.807, 2.05) is 86.6 Å². The summed E-state index contributed by atoms with van der Waals surface area (Å²) in [6.45, 7) is 12.3. The van der Waals surface area contributed by atoms with Crippen molar-refractivity contribution in [2.45, 2.75) is 53.9 Å². The average molecular weight is 882 g/mol. The van der Waals surface area contributed by atoms with Gasteiger partial charge in [-0.05, 0) is 152 Å². The van der Waals surface area contributed by atoms with E-state index in [0.29, 0.717) is 34.2 Å². The highest BCUT2D eigenvalue weighted by atomic mass is 19.4. The predicted octanol–water partition coefficient (Wildman–Crippen LogP) is 16.6. The highest BCUT2D eigenvalue weighted by Gasteiger charge is 2.41. The summed E-state index contributed by atoms with van der Waals surface area (Å²) >= 11 is 0. The SMILES string of the molecule is Cc1cc(C)c(-c2ccc3c(c2)c2ccccc2n3-c2cc(-c3c(C(F)(F)F)cccc3C(F)(F)F)cc(-n3c4ccccc4c4cc(-c5c(C)cc(C)cc5C)ccc43)c2C#N)c(C)c1. The van der Waals surface area contributed by atoms with Crippen LogP contribution in [-0.4, -0.2) is 9.13 Å². The molecular formula is C57H41F6N3. The van der Waals surface area contributed by atoms with Crippen LogP contribution in [0, 0.1) is 52.9 Å². The maximum Gasteiger partial charge on any atom is 0.417 e. The number of nitrogens with zero attached hydrogens (tertiary/aromatic N) is 3. The molecule has 0 fully saturated rings. The third-order valence-electron chi connectivity index (χ3n) is 12.9. The van der Waals surface area contributed by atoms with E-state index in [0.717, 1.165) is 83.2 Å². The summed E-state index contributed by atoms with van der Waals surface area (Å²) in [6.07, 6.45) is -10.3. The van der Waals surface area contributed by atoms with Gasteiger partial charge in [0.1, 0.15) is 11.6 Å². The van der Waals surface area contributed by atoms with E-state index in [9.17, 15) is 5.26 Å². The molecule has 0 atom stereocenters. The molecule has 0 N–H and O–H groups in total. The quantitative estimate of drug-likeness (QED) is 0.159. The molecule has 0 saturated carbocycles. The van der Waals surface area contributed by atoms with Gasteiger partial charge in [0.2, 0.25) is 0 Å². The van der Waals surface area contributed by atoms with E-state index in [2.05, 4.69) is 70.2 Å². The van der Waals surface area contributed by atoms with E-state index < -0.39 is 29.0 Å². The van der Waals surface area contributed by atoms with Gasteiger partial charge in [-0.3, -0.25) is 0 Å². The molecule has 0 amide bonds. The molecule has 0 saturated heterocycles. The number of halogens is 6. The third kappa shape index (κ3) is 6.74. The molecule has 66 heavy (non-hydrogen) atoms. The Morgan fingerprint density at radius 1 is 0.394 bits per heavy atom. The molecule has 3 nitrogen and oxygen atoms in total. The molecule has 8 aromatic carbocycles. The zero-order chi connectivity index (χ0) is 46.6. The first-order valence-corrected chi connectivity index (χ1v) is 21.5. The van der Waals surface area contributed by atoms with Crippen LogP contribution >= 0.6 is 0 Å². The molecule has 0 spiro atoms. The van der Waals surface area contributed by atoms with Crippen molar-refractivity contribution in [2.24, 2.45) is 0 Å². The summed E-state index contributed by atoms with van der Waals surface area (Å²) in [5.41, 5.74) is 9.21. The van der Waals surface area contributed by atoms with E-state index in [1.165, 1.54) is 12.1 Å². The van der Waals surface area contributed by atoms with Gasteiger partial charge in [-0.2, -0.15) is 31.6 Å². The number of aromatic nitrogens is 2. The Bertz CT molecular complexity index is 3430. The number of alkyl halides is 6. The van der Waals surface area contributed by atoms with Gasteiger partial charge >= 0.3 is 12.4 Å². The summed E-state index contributed by atoms with van der Waals surface area (Å²) in [5.74, 6) is 0. The monoisotopic (exact) mass is 881 g/mol. The number of rotatable bonds is 5. The topological polar surface area (TPSA) is 33.6 Å². The molecule has 10 rings (SSSR count). The van der Waals surface area contributed by atoms with Crippen LogP contribution < -0.4 is 0 Å². The van der Waals surface area contributed by atoms with Crippen LogP contribution in [-0.2, 0) is 12.4 Å². The molecule has 0 bridgehead atoms. The van der Waals surface area contributed by atoms with Gasteiger partial charge in [0.15, 0.2) is 0 Å². The molecule has 0 aliphatic heterocycles. The van der Waals surface area contributed by atoms with Crippen molar-refractivity contribution in [1.29, 1.82) is 5.26 Å². The van der Waals surface area contributed by atoms with Crippen LogP contribution in [0.1, 0.15) is 50.1 Å². The van der Waals surface area contributed by atoms with Gasteiger partial charge in [0.05, 0.1) is 44.6 Å². The van der Waals surface area contributed by atoms with E-state index in [4.69, 9.17) is 0 Å². The molecule has 0 unspecified atom stereocenters. The number of fused-ring (bicyclic) bond motifs is 6. The number of aryl methyl sites for hydroxylation is 6. The Hall–Kier alpha value is -7.57. The minimum Gasteiger partial charge on any atom is -0.308 e. The number of para-hydroxylation sites is 2. The summed E-state index contributed by atoms with van der Waals surface area (Å²) < 4.78 is 94.3. The lowest BCUT2D eigenvalue weighted by molar-refractivity contribution is -0.142. The Balaban J connectivity index is 1.35. The number of nitriles is 1. The van der Waals surface area contributed by atoms with Crippen molar-refractivity contribution in [3.05, 3.63) is 190 Å². The Morgan fingerprint density at radius 2 is 0.773 bits per heavy atom. The minimum atomic E-state index is -5.16. The van der Waals surface area contributed by atoms with Crippen LogP contribution in [0.4, 0.5) is 26.3 Å². The first-order valence-electron chi connectivity index (χ1n) is 21.5. The van der Waals surface area contributed by atoms with Gasteiger partial charge in [0, 0.05) is 27.1 Å². The van der Waals surface area contributed by atoms with Gasteiger partial charge < -0.3 is 9.13 Å². The van der Waals surface area contributed by atoms with Crippen molar-refractivity contribution in [1.82, 2.24) is 9.13 Å². The van der Waals surface area contributed by atoms with Crippen molar-refractivity contribution in [2.75, 3.05) is 0 Å². The Kier molecular flexibility index (Phi) is 9.81. The van der Waals surface area contributed by atoms with Crippen molar-refractivity contribution < 1.29 is 26.3 Å². The van der Waals surface area contributed by atoms with E-state index >= 15 is 26.3 Å². The molecule has 0 aliphatic rings. The van der Waals surface area contributed by atoms with Gasteiger partial charge in [-0.1, -0.05) is 90.0 Å². The fraction of sp³-hybridized carbons (Fsp3) is 0.140. The van der Waals surface area contributed by atoms with Crippen molar-refractivity contribution >= 4 is 43.6 Å². The van der Waals surface area contributed by atoms with Crippen LogP contribution in [0.3, 0.4) is 0 Å². The molecule has 2 heterocycles. The maximum atomic E-state index is 15.1. The third-order valence-corrected chi connectivity index (χ3v) is 12.9. The van der Waals surface area contributed by atoms with Crippen molar-refractivity contribution in [3.63, 3.8) is 0 Å². The van der Waals surface area contributed by atoms with E-state index in [-0.39, 0.29) is 22.5 Å². The summed E-state index contributed by atoms with van der Waals surface area (Å²) in [6, 6.07) is 42.6. The molecular weight excluding hydrogens is 841 g/mol. The lowest BCUT2D eigenvalue weighted by Crippen LogP contribution is -2.15. The Labute approximate surface area is 377 Å². The van der Waals surface area contributed by atoms with Crippen LogP contribution in [0.15, 0.2) is 140 Å². The highest BCUT2D eigenvalue weighted by Crippen LogP contribution is 2.48. The fourth-order valence-electron chi connectivity index (χ4n) is 10.6. The average Bonchev–Trinajstić information content (AvgIpc) is 3.76. The first-order chi connectivity index (χ1) is 31.4. The number of benzene rings is 8. The summed E-state index contributed by atoms with van der Waals surface area (Å²) in [5, 5.41) is 14.6. The largest absolute Gasteiger partial charge is 0.417 e. The standard InChI is InChI=1S/C57H41F6N3/c1-31-22-33(3)53(34(4)23-31)37-18-20-49-42(26-37)40-12-7-9-16-47(40)65(49)51-28-39(55-45(56(58,59)60)14-11-15-46(55)57(61,62)63)29-52(44(51)30-64)66-48-17-10-8-13-41(48)43-27-38(19-21-50(43)66)54-35(5)24-32(2)25-36(54)6/h7-29H,1-6H3. The smallest absolute Gasteiger partial charge is 0.308 e. The lowest BCUT2D eigenvalue weighted by Gasteiger charge is -2.22. The molecule has 9 heteroatoms. The number of hydrogen-bond acceptors (Lipinski definition) is 1. The van der Waals surface area contributed by atoms with Crippen LogP contribution in [0.2, 0.25) is 0 Å². The number of hydrogen-bond donors (Lipinski definition) is 0. The molecule has 0 aliphatic carbocycles. The lowest BCUT2D eigenvalue weighted by atomic mass is 9.91. The second-order valence-electron chi connectivity index (χ2n) is 17.4. The summed E-state index contributed by atoms with van der Waals surface area (Å²) in [4.78, 5) is 0. The first kappa shape index (κ1) is 42.4. The highest BCUT2D eigenvalue weighted by molar-refractivity contribution is 6.13. The summed E-state index contributed by atoms with van der Waals surface area (Å²) in [7, 11) is 0. The van der Waals surface area contributed by atoms with Crippen LogP contribution in [0.25, 0.3) is 88.4 Å². The molecule has 326 valence electrons. The van der Waals surface area contributed by atoms with Crippen molar-refractivity contribution in [3.8, 4) is 50.8 Å². The normalized spacial score (nSPS) is 12.2. The fourth-order valence-corrected chi connectivity index (χ4v) is 10.6. The van der Waals surface area contributed by atoms with Gasteiger partial charge in [-0.25, -0.2) is 0 Å². The minimum absolute atomic E-state index is 0.0608. The second-order valence-corrected chi connectivity index (χ2v) is 17.4. The van der Waals surface area contributed by atoms with Gasteiger partial charge in [0.25, 0.3) is 0 Å². The second kappa shape index (κ2) is 15.3. The Morgan fingerprint density at radius 3 is 1.15 bits per heavy atom. The zero-order valence-electron chi connectivity index (χ0n) is 36.9. The molecule has 2 aromatic heterocycles. The van der Waals surface area contributed by atoms with E-state index in [1.54, 1.807) is 9.13 Å². The maximum absolute atomic E-state index is 15.1. The zero-order valence-corrected chi connectivity index (χ0v) is 36.9. The van der Waals surface area contributed by atoms with Crippen LogP contribution in [0.5, 0.6) is 0 Å². The predicted molar refractivity (Wildman–Crippen MR) is 255 cm³/mol. The van der Waals surface area contributed by atoms with Gasteiger partial charge in [-0.15, -0.1) is 0 Å². The molecule has 0 radical (unpaired) electrons.